The molecule has 5 heteroatoms. The van der Waals surface area contributed by atoms with Crippen molar-refractivity contribution in [2.75, 3.05) is 7.11 Å². The van der Waals surface area contributed by atoms with Crippen molar-refractivity contribution in [2.45, 2.75) is 19.8 Å². The van der Waals surface area contributed by atoms with E-state index < -0.39 is 0 Å². The van der Waals surface area contributed by atoms with Crippen LogP contribution in [0.5, 0.6) is 5.75 Å². The van der Waals surface area contributed by atoms with Crippen LogP contribution in [0.15, 0.2) is 12.3 Å². The number of methoxy groups -OCH3 is 1. The quantitative estimate of drug-likeness (QED) is 0.789. The fourth-order valence-corrected chi connectivity index (χ4v) is 1.69. The number of hydrogen-bond acceptors (Lipinski definition) is 3. The first-order valence-corrected chi connectivity index (χ1v) is 5.09. The van der Waals surface area contributed by atoms with Crippen molar-refractivity contribution in [1.29, 1.82) is 0 Å². The first-order valence-electron chi connectivity index (χ1n) is 4.71. The fraction of sp³-hybridized carbons (Fsp3) is 0.400. The molecule has 0 bridgehead atoms. The summed E-state index contributed by atoms with van der Waals surface area (Å²) < 4.78 is 7.06. The smallest absolute Gasteiger partial charge is 0.203 e. The van der Waals surface area contributed by atoms with Gasteiger partial charge in [-0.1, -0.05) is 25.4 Å². The number of pyridine rings is 1. The van der Waals surface area contributed by atoms with E-state index >= 15 is 0 Å². The molecule has 0 aromatic carbocycles. The predicted octanol–water partition coefficient (Wildman–Crippen LogP) is 2.51. The maximum atomic E-state index is 5.98. The van der Waals surface area contributed by atoms with Gasteiger partial charge in [0.15, 0.2) is 5.75 Å². The minimum absolute atomic E-state index is 0.295. The molecule has 2 aromatic rings. The van der Waals surface area contributed by atoms with Gasteiger partial charge in [0.25, 0.3) is 0 Å². The van der Waals surface area contributed by atoms with Crippen LogP contribution in [0.2, 0.25) is 5.02 Å². The summed E-state index contributed by atoms with van der Waals surface area (Å²) in [5, 5.41) is 8.81. The Balaban J connectivity index is 2.75. The van der Waals surface area contributed by atoms with E-state index in [1.807, 2.05) is 4.40 Å². The van der Waals surface area contributed by atoms with Crippen LogP contribution in [0.25, 0.3) is 5.65 Å². The van der Waals surface area contributed by atoms with E-state index in [-0.39, 0.29) is 0 Å². The number of halogens is 1. The first-order chi connectivity index (χ1) is 7.13. The lowest BCUT2D eigenvalue weighted by Crippen LogP contribution is -1.97. The van der Waals surface area contributed by atoms with Crippen LogP contribution in [-0.4, -0.2) is 21.7 Å². The van der Waals surface area contributed by atoms with Crippen LogP contribution in [0.1, 0.15) is 25.6 Å². The molecule has 0 fully saturated rings. The summed E-state index contributed by atoms with van der Waals surface area (Å²) >= 11 is 5.98. The van der Waals surface area contributed by atoms with E-state index in [4.69, 9.17) is 16.3 Å². The zero-order valence-electron chi connectivity index (χ0n) is 8.86. The summed E-state index contributed by atoms with van der Waals surface area (Å²) in [6, 6.07) is 1.73. The molecule has 4 nitrogen and oxygen atoms in total. The van der Waals surface area contributed by atoms with Crippen LogP contribution in [-0.2, 0) is 0 Å². The lowest BCUT2D eigenvalue weighted by Gasteiger charge is -2.05. The molecule has 80 valence electrons. The van der Waals surface area contributed by atoms with Crippen molar-refractivity contribution in [1.82, 2.24) is 14.6 Å². The van der Waals surface area contributed by atoms with Gasteiger partial charge in [0.1, 0.15) is 5.82 Å². The van der Waals surface area contributed by atoms with E-state index in [2.05, 4.69) is 24.0 Å². The fourth-order valence-electron chi connectivity index (χ4n) is 1.49. The normalized spacial score (nSPS) is 11.3. The van der Waals surface area contributed by atoms with Crippen molar-refractivity contribution in [2.24, 2.45) is 0 Å². The molecule has 2 rings (SSSR count). The van der Waals surface area contributed by atoms with Gasteiger partial charge < -0.3 is 4.74 Å². The Labute approximate surface area is 92.8 Å². The molecule has 0 saturated heterocycles. The van der Waals surface area contributed by atoms with Gasteiger partial charge in [-0.15, -0.1) is 10.2 Å². The predicted molar refractivity (Wildman–Crippen MR) is 58.6 cm³/mol. The molecular weight excluding hydrogens is 214 g/mol. The summed E-state index contributed by atoms with van der Waals surface area (Å²) in [6.07, 6.45) is 1.80. The van der Waals surface area contributed by atoms with Crippen molar-refractivity contribution in [3.05, 3.63) is 23.1 Å². The lowest BCUT2D eigenvalue weighted by molar-refractivity contribution is 0.416. The van der Waals surface area contributed by atoms with E-state index in [1.54, 1.807) is 19.4 Å². The van der Waals surface area contributed by atoms with Crippen molar-refractivity contribution in [3.63, 3.8) is 0 Å². The highest BCUT2D eigenvalue weighted by molar-refractivity contribution is 6.30. The second-order valence-electron chi connectivity index (χ2n) is 3.63. The molecule has 0 N–H and O–H groups in total. The van der Waals surface area contributed by atoms with Crippen LogP contribution in [0.3, 0.4) is 0 Å². The Bertz CT molecular complexity index is 493. The minimum Gasteiger partial charge on any atom is -0.493 e. The van der Waals surface area contributed by atoms with Crippen LogP contribution in [0.4, 0.5) is 0 Å². The molecule has 0 atom stereocenters. The molecule has 0 unspecified atom stereocenters. The third-order valence-electron chi connectivity index (χ3n) is 2.20. The molecule has 2 aromatic heterocycles. The largest absolute Gasteiger partial charge is 0.493 e. The molecule has 2 heterocycles. The van der Waals surface area contributed by atoms with Crippen molar-refractivity contribution >= 4 is 17.2 Å². The van der Waals surface area contributed by atoms with Gasteiger partial charge in [-0.05, 0) is 0 Å². The summed E-state index contributed by atoms with van der Waals surface area (Å²) in [4.78, 5) is 0. The Morgan fingerprint density at radius 1 is 1.40 bits per heavy atom. The molecule has 15 heavy (non-hydrogen) atoms. The first kappa shape index (κ1) is 10.2. The van der Waals surface area contributed by atoms with Crippen LogP contribution in [0, 0.1) is 0 Å². The molecule has 0 aliphatic carbocycles. The molecule has 0 amide bonds. The van der Waals surface area contributed by atoms with Crippen molar-refractivity contribution in [3.8, 4) is 5.75 Å². The van der Waals surface area contributed by atoms with E-state index in [0.29, 0.717) is 22.3 Å². The second kappa shape index (κ2) is 3.70. The number of rotatable bonds is 2. The van der Waals surface area contributed by atoms with Gasteiger partial charge in [-0.2, -0.15) is 0 Å². The maximum Gasteiger partial charge on any atom is 0.203 e. The third kappa shape index (κ3) is 1.65. The zero-order valence-corrected chi connectivity index (χ0v) is 9.62. The molecular formula is C10H12ClN3O. The van der Waals surface area contributed by atoms with Gasteiger partial charge in [-0.3, -0.25) is 4.40 Å². The van der Waals surface area contributed by atoms with Gasteiger partial charge in [0.2, 0.25) is 5.65 Å². The third-order valence-corrected chi connectivity index (χ3v) is 2.41. The van der Waals surface area contributed by atoms with Gasteiger partial charge in [0.05, 0.1) is 12.1 Å². The van der Waals surface area contributed by atoms with Gasteiger partial charge in [0, 0.05) is 18.2 Å². The maximum absolute atomic E-state index is 5.98. The zero-order chi connectivity index (χ0) is 11.0. The minimum atomic E-state index is 0.295. The van der Waals surface area contributed by atoms with Crippen LogP contribution < -0.4 is 4.74 Å². The monoisotopic (exact) mass is 225 g/mol. The molecule has 0 aliphatic rings. The highest BCUT2D eigenvalue weighted by Gasteiger charge is 2.13. The topological polar surface area (TPSA) is 39.4 Å². The second-order valence-corrected chi connectivity index (χ2v) is 4.07. The number of nitrogens with zero attached hydrogens (tertiary/aromatic N) is 3. The standard InChI is InChI=1S/C10H12ClN3O/c1-6(2)9-12-13-10-8(15-3)4-7(11)5-14(9)10/h4-6H,1-3H3. The van der Waals surface area contributed by atoms with Gasteiger partial charge >= 0.3 is 0 Å². The summed E-state index contributed by atoms with van der Waals surface area (Å²) in [6.45, 7) is 4.12. The van der Waals surface area contributed by atoms with Crippen LogP contribution >= 0.6 is 11.6 Å². The Morgan fingerprint density at radius 2 is 2.13 bits per heavy atom. The molecule has 0 aliphatic heterocycles. The average Bonchev–Trinajstić information content (AvgIpc) is 2.59. The highest BCUT2D eigenvalue weighted by atomic mass is 35.5. The average molecular weight is 226 g/mol. The number of aromatic nitrogens is 3. The molecule has 0 spiro atoms. The Morgan fingerprint density at radius 3 is 2.73 bits per heavy atom. The van der Waals surface area contributed by atoms with E-state index in [1.165, 1.54) is 0 Å². The van der Waals surface area contributed by atoms with E-state index in [0.717, 1.165) is 5.82 Å². The SMILES string of the molecule is COc1cc(Cl)cn2c(C(C)C)nnc12. The Hall–Kier alpha value is -1.29. The molecule has 0 saturated carbocycles. The van der Waals surface area contributed by atoms with E-state index in [9.17, 15) is 0 Å². The Kier molecular flexibility index (Phi) is 2.52. The van der Waals surface area contributed by atoms with Gasteiger partial charge in [-0.25, -0.2) is 0 Å². The lowest BCUT2D eigenvalue weighted by atomic mass is 10.2. The number of fused-ring (bicyclic) bond motifs is 1. The highest BCUT2D eigenvalue weighted by Crippen LogP contribution is 2.25. The number of hydrogen-bond donors (Lipinski definition) is 0. The van der Waals surface area contributed by atoms with Crippen molar-refractivity contribution < 1.29 is 4.74 Å². The molecule has 0 radical (unpaired) electrons. The summed E-state index contributed by atoms with van der Waals surface area (Å²) in [5.41, 5.74) is 0.700. The summed E-state index contributed by atoms with van der Waals surface area (Å²) in [5.74, 6) is 1.82. The number of ether oxygens (including phenoxy) is 1. The summed E-state index contributed by atoms with van der Waals surface area (Å²) in [7, 11) is 1.59.